The van der Waals surface area contributed by atoms with Gasteiger partial charge in [-0.3, -0.25) is 0 Å². The lowest BCUT2D eigenvalue weighted by Gasteiger charge is -2.30. The van der Waals surface area contributed by atoms with Crippen LogP contribution in [-0.2, 0) is 15.2 Å². The zero-order chi connectivity index (χ0) is 30.6. The van der Waals surface area contributed by atoms with Crippen molar-refractivity contribution in [3.05, 3.63) is 68.2 Å². The summed E-state index contributed by atoms with van der Waals surface area (Å²) in [5.41, 5.74) is -1.29. The molecule has 0 bridgehead atoms. The zero-order valence-corrected chi connectivity index (χ0v) is 27.1. The highest BCUT2D eigenvalue weighted by Gasteiger charge is 2.62. The number of nitrogens with one attached hydrogen (secondary N) is 1. The van der Waals surface area contributed by atoms with Crippen LogP contribution in [0.3, 0.4) is 0 Å². The molecule has 1 N–H and O–H groups in total. The molecule has 3 rings (SSSR count). The third-order valence-electron chi connectivity index (χ3n) is 7.33. The van der Waals surface area contributed by atoms with E-state index in [2.05, 4.69) is 44.0 Å². The molecule has 12 heteroatoms. The van der Waals surface area contributed by atoms with Crippen LogP contribution < -0.4 is 5.32 Å². The van der Waals surface area contributed by atoms with E-state index in [1.54, 1.807) is 12.1 Å². The van der Waals surface area contributed by atoms with Crippen LogP contribution in [0, 0.1) is 5.92 Å². The van der Waals surface area contributed by atoms with Gasteiger partial charge in [0.15, 0.2) is 0 Å². The predicted molar refractivity (Wildman–Crippen MR) is 162 cm³/mol. The number of carbonyl (C=O) groups excluding carboxylic acids is 1. The number of hydrogen-bond acceptors (Lipinski definition) is 4. The SMILES string of the molecule is CCC(CNC(=O)OCC[Si](C)(C)C)CC(C)c1ccc(C2=NOC(c3cc(Cl)c(Cl)c(Cl)c3)(C(F)(F)F)C2)cc1. The minimum Gasteiger partial charge on any atom is -0.450 e. The lowest BCUT2D eigenvalue weighted by molar-refractivity contribution is -0.275. The minimum atomic E-state index is -4.79. The zero-order valence-electron chi connectivity index (χ0n) is 23.8. The van der Waals surface area contributed by atoms with Crippen molar-refractivity contribution in [2.45, 2.75) is 76.5 Å². The van der Waals surface area contributed by atoms with Gasteiger partial charge in [-0.2, -0.15) is 13.2 Å². The fourth-order valence-corrected chi connectivity index (χ4v) is 5.92. The maximum atomic E-state index is 14.4. The molecular formula is C29H36Cl3F3N2O3Si. The predicted octanol–water partition coefficient (Wildman–Crippen LogP) is 9.81. The summed E-state index contributed by atoms with van der Waals surface area (Å²) in [7, 11) is -1.27. The van der Waals surface area contributed by atoms with E-state index < -0.39 is 32.4 Å². The number of carbonyl (C=O) groups is 1. The second kappa shape index (κ2) is 13.6. The van der Waals surface area contributed by atoms with E-state index in [1.807, 2.05) is 12.1 Å². The van der Waals surface area contributed by atoms with Crippen molar-refractivity contribution < 1.29 is 27.5 Å². The van der Waals surface area contributed by atoms with Gasteiger partial charge in [0.2, 0.25) is 0 Å². The molecule has 0 aliphatic carbocycles. The summed E-state index contributed by atoms with van der Waals surface area (Å²) in [4.78, 5) is 17.2. The summed E-state index contributed by atoms with van der Waals surface area (Å²) in [6.45, 7) is 11.8. The fourth-order valence-electron chi connectivity index (χ4n) is 4.61. The Morgan fingerprint density at radius 1 is 1.15 bits per heavy atom. The van der Waals surface area contributed by atoms with E-state index in [0.29, 0.717) is 18.7 Å². The highest BCUT2D eigenvalue weighted by Crippen LogP contribution is 2.50. The molecule has 2 aromatic rings. The van der Waals surface area contributed by atoms with Crippen molar-refractivity contribution in [3.63, 3.8) is 0 Å². The number of ether oxygens (including phenoxy) is 1. The van der Waals surface area contributed by atoms with E-state index in [1.165, 1.54) is 0 Å². The minimum absolute atomic E-state index is 0.0308. The monoisotopic (exact) mass is 650 g/mol. The Balaban J connectivity index is 1.63. The van der Waals surface area contributed by atoms with Crippen LogP contribution in [0.1, 0.15) is 55.7 Å². The van der Waals surface area contributed by atoms with Crippen molar-refractivity contribution >= 4 is 54.7 Å². The maximum absolute atomic E-state index is 14.4. The summed E-state index contributed by atoms with van der Waals surface area (Å²) >= 11 is 18.0. The normalized spacial score (nSPS) is 18.9. The number of nitrogens with zero attached hydrogens (tertiary/aromatic N) is 1. The van der Waals surface area contributed by atoms with E-state index in [0.717, 1.165) is 36.6 Å². The smallest absolute Gasteiger partial charge is 0.435 e. The summed E-state index contributed by atoms with van der Waals surface area (Å²) in [6, 6.07) is 10.4. The highest BCUT2D eigenvalue weighted by molar-refractivity contribution is 6.76. The van der Waals surface area contributed by atoms with Crippen LogP contribution in [0.5, 0.6) is 0 Å². The fraction of sp³-hybridized carbons (Fsp3) is 0.517. The Morgan fingerprint density at radius 2 is 1.76 bits per heavy atom. The van der Waals surface area contributed by atoms with Crippen LogP contribution in [0.25, 0.3) is 0 Å². The standard InChI is InChI=1S/C29H36Cl3F3N2O3Si/c1-6-19(17-36-27(38)39-11-12-41(3,4)5)13-18(2)20-7-9-21(10-8-20)25-16-28(40-37-25,29(33,34)35)22-14-23(30)26(32)24(31)15-22/h7-10,14-15,18-19H,6,11-13,16-17H2,1-5H3,(H,36,38). The first-order valence-electron chi connectivity index (χ1n) is 13.5. The van der Waals surface area contributed by atoms with E-state index >= 15 is 0 Å². The number of oxime groups is 1. The van der Waals surface area contributed by atoms with E-state index in [4.69, 9.17) is 44.4 Å². The van der Waals surface area contributed by atoms with Gasteiger partial charge in [-0.15, -0.1) is 0 Å². The Bertz CT molecular complexity index is 1230. The third-order valence-corrected chi connectivity index (χ3v) is 10.2. The van der Waals surface area contributed by atoms with Crippen molar-refractivity contribution in [1.29, 1.82) is 0 Å². The van der Waals surface area contributed by atoms with Gasteiger partial charge in [0.1, 0.15) is 0 Å². The summed E-state index contributed by atoms with van der Waals surface area (Å²) in [5.74, 6) is 0.403. The van der Waals surface area contributed by atoms with Gasteiger partial charge < -0.3 is 14.9 Å². The van der Waals surface area contributed by atoms with Crippen LogP contribution in [0.4, 0.5) is 18.0 Å². The number of alkyl carbamates (subject to hydrolysis) is 1. The Morgan fingerprint density at radius 3 is 2.29 bits per heavy atom. The van der Waals surface area contributed by atoms with Crippen molar-refractivity contribution in [3.8, 4) is 0 Å². The molecule has 3 unspecified atom stereocenters. The topological polar surface area (TPSA) is 59.9 Å². The molecule has 1 heterocycles. The third kappa shape index (κ3) is 8.55. The van der Waals surface area contributed by atoms with Gasteiger partial charge in [0.25, 0.3) is 5.60 Å². The first-order chi connectivity index (χ1) is 19.1. The molecule has 0 saturated carbocycles. The van der Waals surface area contributed by atoms with Crippen molar-refractivity contribution in [2.24, 2.45) is 11.1 Å². The molecule has 41 heavy (non-hydrogen) atoms. The average molecular weight is 652 g/mol. The number of amides is 1. The van der Waals surface area contributed by atoms with Crippen LogP contribution >= 0.6 is 34.8 Å². The molecule has 1 amide bonds. The van der Waals surface area contributed by atoms with Gasteiger partial charge in [0, 0.05) is 26.6 Å². The quantitative estimate of drug-likeness (QED) is 0.194. The summed E-state index contributed by atoms with van der Waals surface area (Å²) in [6.07, 6.45) is -4.03. The summed E-state index contributed by atoms with van der Waals surface area (Å²) in [5, 5.41) is 6.46. The Hall–Kier alpha value is -1.94. The van der Waals surface area contributed by atoms with Crippen LogP contribution in [0.15, 0.2) is 41.6 Å². The highest BCUT2D eigenvalue weighted by atomic mass is 35.5. The first-order valence-corrected chi connectivity index (χ1v) is 18.4. The molecule has 226 valence electrons. The van der Waals surface area contributed by atoms with Crippen LogP contribution in [-0.4, -0.2) is 39.2 Å². The molecule has 1 aliphatic rings. The van der Waals surface area contributed by atoms with Gasteiger partial charge in [0.05, 0.1) is 27.4 Å². The molecule has 3 atom stereocenters. The molecule has 2 aromatic carbocycles. The molecule has 1 aliphatic heterocycles. The second-order valence-corrected chi connectivity index (χ2v) is 18.6. The number of halogens is 6. The molecule has 5 nitrogen and oxygen atoms in total. The van der Waals surface area contributed by atoms with Gasteiger partial charge in [-0.1, -0.05) is 104 Å². The number of alkyl halides is 3. The average Bonchev–Trinajstić information content (AvgIpc) is 3.36. The van der Waals surface area contributed by atoms with Crippen molar-refractivity contribution in [2.75, 3.05) is 13.2 Å². The molecule has 0 aromatic heterocycles. The molecule has 0 radical (unpaired) electrons. The summed E-state index contributed by atoms with van der Waals surface area (Å²) < 4.78 is 48.4. The number of hydrogen-bond donors (Lipinski definition) is 1. The maximum Gasteiger partial charge on any atom is 0.435 e. The molecule has 0 saturated heterocycles. The molecule has 0 spiro atoms. The van der Waals surface area contributed by atoms with Crippen LogP contribution in [0.2, 0.25) is 40.8 Å². The first kappa shape index (κ1) is 33.6. The molecule has 0 fully saturated rings. The van der Waals surface area contributed by atoms with Crippen molar-refractivity contribution in [1.82, 2.24) is 5.32 Å². The van der Waals surface area contributed by atoms with Gasteiger partial charge in [-0.05, 0) is 47.6 Å². The van der Waals surface area contributed by atoms with Gasteiger partial charge in [-0.25, -0.2) is 4.79 Å². The Labute approximate surface area is 255 Å². The lowest BCUT2D eigenvalue weighted by Crippen LogP contribution is -2.42. The largest absolute Gasteiger partial charge is 0.450 e. The van der Waals surface area contributed by atoms with E-state index in [-0.39, 0.29) is 38.2 Å². The molecular weight excluding hydrogens is 616 g/mol. The number of benzene rings is 2. The van der Waals surface area contributed by atoms with Gasteiger partial charge >= 0.3 is 12.3 Å². The number of rotatable bonds is 11. The Kier molecular flexibility index (Phi) is 11.1. The second-order valence-electron chi connectivity index (χ2n) is 11.7. The lowest BCUT2D eigenvalue weighted by atomic mass is 9.85. The van der Waals surface area contributed by atoms with E-state index in [9.17, 15) is 18.0 Å².